The molecular formula is C17H21F. The van der Waals surface area contributed by atoms with E-state index >= 15 is 0 Å². The second-order valence-electron chi connectivity index (χ2n) is 5.20. The highest BCUT2D eigenvalue weighted by atomic mass is 19.1. The molecule has 0 N–H and O–H groups in total. The van der Waals surface area contributed by atoms with E-state index in [9.17, 15) is 4.39 Å². The Labute approximate surface area is 109 Å². The number of halogens is 1. The summed E-state index contributed by atoms with van der Waals surface area (Å²) in [6, 6.07) is 5.62. The van der Waals surface area contributed by atoms with Crippen molar-refractivity contribution in [1.82, 2.24) is 0 Å². The third kappa shape index (κ3) is 3.10. The molecule has 0 bridgehead atoms. The molecule has 2 atom stereocenters. The van der Waals surface area contributed by atoms with Gasteiger partial charge in [-0.3, -0.25) is 0 Å². The molecule has 0 saturated heterocycles. The first-order chi connectivity index (χ1) is 8.70. The molecule has 0 aliphatic heterocycles. The van der Waals surface area contributed by atoms with Gasteiger partial charge in [-0.2, -0.15) is 0 Å². The highest BCUT2D eigenvalue weighted by Gasteiger charge is 2.17. The number of hydrogen-bond acceptors (Lipinski definition) is 0. The van der Waals surface area contributed by atoms with E-state index in [1.165, 1.54) is 12.8 Å². The minimum atomic E-state index is -0.0883. The molecule has 0 spiro atoms. The first-order valence-corrected chi connectivity index (χ1v) is 6.76. The Morgan fingerprint density at radius 3 is 2.78 bits per heavy atom. The molecule has 1 aromatic rings. The summed E-state index contributed by atoms with van der Waals surface area (Å²) < 4.78 is 13.5. The van der Waals surface area contributed by atoms with Crippen molar-refractivity contribution >= 4 is 0 Å². The van der Waals surface area contributed by atoms with Gasteiger partial charge in [0, 0.05) is 5.92 Å². The van der Waals surface area contributed by atoms with E-state index < -0.39 is 0 Å². The van der Waals surface area contributed by atoms with Gasteiger partial charge in [0.15, 0.2) is 0 Å². The van der Waals surface area contributed by atoms with Crippen molar-refractivity contribution in [2.75, 3.05) is 0 Å². The van der Waals surface area contributed by atoms with E-state index in [2.05, 4.69) is 24.8 Å². The molecule has 18 heavy (non-hydrogen) atoms. The van der Waals surface area contributed by atoms with Crippen LogP contribution >= 0.6 is 0 Å². The van der Waals surface area contributed by atoms with Crippen LogP contribution in [0.15, 0.2) is 43.0 Å². The predicted octanol–water partition coefficient (Wildman–Crippen LogP) is 5.15. The molecule has 0 amide bonds. The standard InChI is InChI=1S/C17H21F/c1-3-4-5-14-7-10-15(11-8-14)16-9-6-13(2)17(18)12-16/h3,6-7,9-10,12,14-15H,1,4-5,8,11H2,2H3. The molecule has 0 fully saturated rings. The average molecular weight is 244 g/mol. The molecule has 2 unspecified atom stereocenters. The normalized spacial score (nSPS) is 23.0. The number of hydrogen-bond donors (Lipinski definition) is 0. The molecule has 0 aromatic heterocycles. The predicted molar refractivity (Wildman–Crippen MR) is 75.2 cm³/mol. The van der Waals surface area contributed by atoms with E-state index in [4.69, 9.17) is 0 Å². The molecule has 1 aliphatic rings. The van der Waals surface area contributed by atoms with Crippen LogP contribution in [0.2, 0.25) is 0 Å². The third-order valence-corrected chi connectivity index (χ3v) is 3.83. The third-order valence-electron chi connectivity index (χ3n) is 3.83. The van der Waals surface area contributed by atoms with Crippen molar-refractivity contribution in [2.24, 2.45) is 5.92 Å². The summed E-state index contributed by atoms with van der Waals surface area (Å²) in [4.78, 5) is 0. The zero-order valence-electron chi connectivity index (χ0n) is 11.0. The maximum absolute atomic E-state index is 13.5. The fourth-order valence-corrected chi connectivity index (χ4v) is 2.57. The van der Waals surface area contributed by atoms with Crippen molar-refractivity contribution in [1.29, 1.82) is 0 Å². The number of rotatable bonds is 4. The molecule has 1 heteroatoms. The van der Waals surface area contributed by atoms with Crippen LogP contribution in [-0.4, -0.2) is 0 Å². The topological polar surface area (TPSA) is 0 Å². The Hall–Kier alpha value is -1.37. The fourth-order valence-electron chi connectivity index (χ4n) is 2.57. The Kier molecular flexibility index (Phi) is 4.35. The van der Waals surface area contributed by atoms with Crippen molar-refractivity contribution in [2.45, 2.75) is 38.5 Å². The lowest BCUT2D eigenvalue weighted by atomic mass is 9.82. The lowest BCUT2D eigenvalue weighted by Crippen LogP contribution is -2.08. The van der Waals surface area contributed by atoms with Gasteiger partial charge in [0.1, 0.15) is 5.82 Å². The smallest absolute Gasteiger partial charge is 0.126 e. The quantitative estimate of drug-likeness (QED) is 0.642. The van der Waals surface area contributed by atoms with Crippen LogP contribution in [-0.2, 0) is 0 Å². The molecule has 96 valence electrons. The molecular weight excluding hydrogens is 223 g/mol. The van der Waals surface area contributed by atoms with Gasteiger partial charge in [-0.1, -0.05) is 30.4 Å². The maximum atomic E-state index is 13.5. The Morgan fingerprint density at radius 1 is 1.33 bits per heavy atom. The fraction of sp³-hybridized carbons (Fsp3) is 0.412. The van der Waals surface area contributed by atoms with E-state index in [0.29, 0.717) is 11.8 Å². The second-order valence-corrected chi connectivity index (χ2v) is 5.20. The summed E-state index contributed by atoms with van der Waals surface area (Å²) >= 11 is 0. The van der Waals surface area contributed by atoms with Crippen LogP contribution in [0.5, 0.6) is 0 Å². The Balaban J connectivity index is 2.03. The molecule has 0 nitrogen and oxygen atoms in total. The minimum absolute atomic E-state index is 0.0883. The molecule has 0 radical (unpaired) electrons. The maximum Gasteiger partial charge on any atom is 0.126 e. The molecule has 0 saturated carbocycles. The van der Waals surface area contributed by atoms with E-state index in [0.717, 1.165) is 24.0 Å². The van der Waals surface area contributed by atoms with Gasteiger partial charge < -0.3 is 0 Å². The van der Waals surface area contributed by atoms with Gasteiger partial charge in [0.05, 0.1) is 0 Å². The van der Waals surface area contributed by atoms with Gasteiger partial charge in [-0.25, -0.2) is 4.39 Å². The highest BCUT2D eigenvalue weighted by molar-refractivity contribution is 5.29. The zero-order chi connectivity index (χ0) is 13.0. The highest BCUT2D eigenvalue weighted by Crippen LogP contribution is 2.32. The minimum Gasteiger partial charge on any atom is -0.207 e. The molecule has 0 heterocycles. The van der Waals surface area contributed by atoms with Gasteiger partial charge >= 0.3 is 0 Å². The summed E-state index contributed by atoms with van der Waals surface area (Å²) in [5.41, 5.74) is 1.83. The molecule has 1 aliphatic carbocycles. The van der Waals surface area contributed by atoms with Gasteiger partial charge in [0.2, 0.25) is 0 Å². The van der Waals surface area contributed by atoms with Gasteiger partial charge in [-0.15, -0.1) is 6.58 Å². The van der Waals surface area contributed by atoms with Gasteiger partial charge in [-0.05, 0) is 55.7 Å². The van der Waals surface area contributed by atoms with Crippen molar-refractivity contribution in [3.63, 3.8) is 0 Å². The molecule has 2 rings (SSSR count). The van der Waals surface area contributed by atoms with Crippen LogP contribution < -0.4 is 0 Å². The summed E-state index contributed by atoms with van der Waals surface area (Å²) in [5, 5.41) is 0. The zero-order valence-corrected chi connectivity index (χ0v) is 11.0. The average Bonchev–Trinajstić information content (AvgIpc) is 2.40. The summed E-state index contributed by atoms with van der Waals surface area (Å²) in [6.45, 7) is 5.57. The van der Waals surface area contributed by atoms with E-state index in [1.54, 1.807) is 13.0 Å². The Bertz CT molecular complexity index is 445. The van der Waals surface area contributed by atoms with Gasteiger partial charge in [0.25, 0.3) is 0 Å². The number of allylic oxidation sites excluding steroid dienone is 3. The number of aryl methyl sites for hydroxylation is 1. The van der Waals surface area contributed by atoms with Crippen LogP contribution in [0.3, 0.4) is 0 Å². The number of benzene rings is 1. The first kappa shape index (κ1) is 13.1. The lowest BCUT2D eigenvalue weighted by Gasteiger charge is -2.23. The summed E-state index contributed by atoms with van der Waals surface area (Å²) in [7, 11) is 0. The first-order valence-electron chi connectivity index (χ1n) is 6.76. The van der Waals surface area contributed by atoms with Crippen molar-refractivity contribution in [3.8, 4) is 0 Å². The van der Waals surface area contributed by atoms with E-state index in [1.807, 2.05) is 12.1 Å². The van der Waals surface area contributed by atoms with E-state index in [-0.39, 0.29) is 5.82 Å². The second kappa shape index (κ2) is 5.99. The van der Waals surface area contributed by atoms with Crippen molar-refractivity contribution in [3.05, 3.63) is 60.0 Å². The summed E-state index contributed by atoms with van der Waals surface area (Å²) in [6.07, 6.45) is 11.1. The van der Waals surface area contributed by atoms with Crippen LogP contribution in [0.4, 0.5) is 4.39 Å². The largest absolute Gasteiger partial charge is 0.207 e. The van der Waals surface area contributed by atoms with Crippen LogP contribution in [0, 0.1) is 18.7 Å². The Morgan fingerprint density at radius 2 is 2.17 bits per heavy atom. The molecule has 1 aromatic carbocycles. The monoisotopic (exact) mass is 244 g/mol. The SMILES string of the molecule is C=CCCC1C=CC(c2ccc(C)c(F)c2)CC1. The van der Waals surface area contributed by atoms with Crippen LogP contribution in [0.25, 0.3) is 0 Å². The van der Waals surface area contributed by atoms with Crippen LogP contribution in [0.1, 0.15) is 42.7 Å². The lowest BCUT2D eigenvalue weighted by molar-refractivity contribution is 0.484. The summed E-state index contributed by atoms with van der Waals surface area (Å²) in [5.74, 6) is 0.976. The van der Waals surface area contributed by atoms with Crippen molar-refractivity contribution < 1.29 is 4.39 Å².